The van der Waals surface area contributed by atoms with Gasteiger partial charge in [-0.25, -0.2) is 13.2 Å². The number of sulfonamides is 1. The highest BCUT2D eigenvalue weighted by Crippen LogP contribution is 2.18. The lowest BCUT2D eigenvalue weighted by atomic mass is 10.2. The maximum atomic E-state index is 12.7. The lowest BCUT2D eigenvalue weighted by Crippen LogP contribution is -2.52. The molecule has 3 rings (SSSR count). The van der Waals surface area contributed by atoms with Gasteiger partial charge in [-0.2, -0.15) is 4.31 Å². The van der Waals surface area contributed by atoms with Crippen LogP contribution in [0.1, 0.15) is 11.1 Å². The van der Waals surface area contributed by atoms with Gasteiger partial charge in [-0.05, 0) is 36.8 Å². The molecule has 0 atom stereocenters. The minimum Gasteiger partial charge on any atom is -0.334 e. The second-order valence-electron chi connectivity index (χ2n) is 6.49. The summed E-state index contributed by atoms with van der Waals surface area (Å²) in [6.45, 7) is 3.60. The smallest absolute Gasteiger partial charge is 0.317 e. The minimum absolute atomic E-state index is 0.197. The standard InChI is InChI=1S/C19H22ClN3O3S/c1-15-2-8-18(9-3-15)27(25,26)23-12-10-22(11-13-23)19(24)21-14-16-4-6-17(20)7-5-16/h2-9H,10-14H2,1H3,(H,21,24). The van der Waals surface area contributed by atoms with Crippen LogP contribution in [0.15, 0.2) is 53.4 Å². The molecule has 2 aromatic rings. The van der Waals surface area contributed by atoms with Crippen LogP contribution in [0.4, 0.5) is 4.79 Å². The van der Waals surface area contributed by atoms with Crippen LogP contribution in [0.5, 0.6) is 0 Å². The van der Waals surface area contributed by atoms with Gasteiger partial charge in [0.25, 0.3) is 0 Å². The van der Waals surface area contributed by atoms with Crippen LogP contribution < -0.4 is 5.32 Å². The Hall–Kier alpha value is -2.09. The van der Waals surface area contributed by atoms with Crippen molar-refractivity contribution < 1.29 is 13.2 Å². The molecule has 2 amide bonds. The topological polar surface area (TPSA) is 69.7 Å². The Morgan fingerprint density at radius 1 is 1.00 bits per heavy atom. The molecule has 0 aliphatic carbocycles. The monoisotopic (exact) mass is 407 g/mol. The van der Waals surface area contributed by atoms with Gasteiger partial charge >= 0.3 is 6.03 Å². The molecule has 1 N–H and O–H groups in total. The molecular weight excluding hydrogens is 386 g/mol. The Morgan fingerprint density at radius 2 is 1.59 bits per heavy atom. The SMILES string of the molecule is Cc1ccc(S(=O)(=O)N2CCN(C(=O)NCc3ccc(Cl)cc3)CC2)cc1. The molecule has 8 heteroatoms. The van der Waals surface area contributed by atoms with Gasteiger partial charge in [-0.1, -0.05) is 41.4 Å². The zero-order chi connectivity index (χ0) is 19.4. The molecule has 1 fully saturated rings. The van der Waals surface area contributed by atoms with Gasteiger partial charge in [0.1, 0.15) is 0 Å². The first-order valence-electron chi connectivity index (χ1n) is 8.70. The van der Waals surface area contributed by atoms with Crippen molar-refractivity contribution in [1.29, 1.82) is 0 Å². The largest absolute Gasteiger partial charge is 0.334 e. The van der Waals surface area contributed by atoms with Crippen LogP contribution in [-0.2, 0) is 16.6 Å². The van der Waals surface area contributed by atoms with Crippen molar-refractivity contribution in [3.63, 3.8) is 0 Å². The summed E-state index contributed by atoms with van der Waals surface area (Å²) in [6.07, 6.45) is 0. The number of amides is 2. The summed E-state index contributed by atoms with van der Waals surface area (Å²) in [5.41, 5.74) is 1.96. The predicted octanol–water partition coefficient (Wildman–Crippen LogP) is 2.86. The predicted molar refractivity (Wildman–Crippen MR) is 105 cm³/mol. The number of nitrogens with zero attached hydrogens (tertiary/aromatic N) is 2. The number of benzene rings is 2. The van der Waals surface area contributed by atoms with E-state index in [0.717, 1.165) is 11.1 Å². The van der Waals surface area contributed by atoms with Gasteiger partial charge in [-0.15, -0.1) is 0 Å². The van der Waals surface area contributed by atoms with E-state index in [9.17, 15) is 13.2 Å². The maximum Gasteiger partial charge on any atom is 0.317 e. The first-order chi connectivity index (χ1) is 12.9. The van der Waals surface area contributed by atoms with Crippen LogP contribution in [0.3, 0.4) is 0 Å². The van der Waals surface area contributed by atoms with Crippen LogP contribution in [0, 0.1) is 6.92 Å². The highest BCUT2D eigenvalue weighted by Gasteiger charge is 2.29. The van der Waals surface area contributed by atoms with Crippen molar-refractivity contribution in [1.82, 2.24) is 14.5 Å². The van der Waals surface area contributed by atoms with Crippen molar-refractivity contribution in [3.05, 3.63) is 64.7 Å². The molecule has 1 heterocycles. The number of hydrogen-bond donors (Lipinski definition) is 1. The summed E-state index contributed by atoms with van der Waals surface area (Å²) in [6, 6.07) is 13.9. The Kier molecular flexibility index (Phi) is 6.04. The van der Waals surface area contributed by atoms with Gasteiger partial charge in [0.15, 0.2) is 0 Å². The number of piperazine rings is 1. The third kappa shape index (κ3) is 4.80. The van der Waals surface area contributed by atoms with E-state index < -0.39 is 10.0 Å². The van der Waals surface area contributed by atoms with E-state index in [0.29, 0.717) is 24.7 Å². The fourth-order valence-electron chi connectivity index (χ4n) is 2.88. The van der Waals surface area contributed by atoms with Crippen LogP contribution in [0.25, 0.3) is 0 Å². The second-order valence-corrected chi connectivity index (χ2v) is 8.86. The van der Waals surface area contributed by atoms with Crippen molar-refractivity contribution >= 4 is 27.7 Å². The first-order valence-corrected chi connectivity index (χ1v) is 10.5. The zero-order valence-electron chi connectivity index (χ0n) is 15.1. The molecule has 1 aliphatic heterocycles. The minimum atomic E-state index is -3.52. The molecule has 27 heavy (non-hydrogen) atoms. The number of carbonyl (C=O) groups excluding carboxylic acids is 1. The fourth-order valence-corrected chi connectivity index (χ4v) is 4.43. The average Bonchev–Trinajstić information content (AvgIpc) is 2.68. The Labute approximate surface area is 164 Å². The number of rotatable bonds is 4. The average molecular weight is 408 g/mol. The van der Waals surface area contributed by atoms with Gasteiger partial charge in [0.05, 0.1) is 4.90 Å². The van der Waals surface area contributed by atoms with Gasteiger partial charge in [0, 0.05) is 37.7 Å². The van der Waals surface area contributed by atoms with Crippen LogP contribution in [-0.4, -0.2) is 49.8 Å². The van der Waals surface area contributed by atoms with Gasteiger partial charge in [0.2, 0.25) is 10.0 Å². The van der Waals surface area contributed by atoms with Crippen LogP contribution >= 0.6 is 11.6 Å². The van der Waals surface area contributed by atoms with E-state index >= 15 is 0 Å². The second kappa shape index (κ2) is 8.29. The summed E-state index contributed by atoms with van der Waals surface area (Å²) >= 11 is 5.85. The quantitative estimate of drug-likeness (QED) is 0.847. The molecule has 2 aromatic carbocycles. The molecule has 6 nitrogen and oxygen atoms in total. The molecule has 0 spiro atoms. The van der Waals surface area contributed by atoms with E-state index in [1.54, 1.807) is 41.3 Å². The Morgan fingerprint density at radius 3 is 2.19 bits per heavy atom. The number of urea groups is 1. The summed E-state index contributed by atoms with van der Waals surface area (Å²) < 4.78 is 26.8. The van der Waals surface area contributed by atoms with E-state index in [2.05, 4.69) is 5.32 Å². The lowest BCUT2D eigenvalue weighted by molar-refractivity contribution is 0.172. The normalized spacial score (nSPS) is 15.6. The maximum absolute atomic E-state index is 12.7. The molecular formula is C19H22ClN3O3S. The third-order valence-corrected chi connectivity index (χ3v) is 6.71. The lowest BCUT2D eigenvalue weighted by Gasteiger charge is -2.34. The number of aryl methyl sites for hydroxylation is 1. The van der Waals surface area contributed by atoms with Gasteiger partial charge in [-0.3, -0.25) is 0 Å². The molecule has 0 radical (unpaired) electrons. The number of carbonyl (C=O) groups is 1. The van der Waals surface area contributed by atoms with E-state index in [4.69, 9.17) is 11.6 Å². The van der Waals surface area contributed by atoms with E-state index in [1.165, 1.54) is 4.31 Å². The van der Waals surface area contributed by atoms with Crippen molar-refractivity contribution in [2.24, 2.45) is 0 Å². The summed E-state index contributed by atoms with van der Waals surface area (Å²) in [5.74, 6) is 0. The zero-order valence-corrected chi connectivity index (χ0v) is 16.6. The molecule has 0 unspecified atom stereocenters. The number of halogens is 1. The highest BCUT2D eigenvalue weighted by atomic mass is 35.5. The molecule has 0 saturated carbocycles. The number of nitrogens with one attached hydrogen (secondary N) is 1. The van der Waals surface area contributed by atoms with Crippen molar-refractivity contribution in [2.75, 3.05) is 26.2 Å². The molecule has 144 valence electrons. The van der Waals surface area contributed by atoms with Crippen LogP contribution in [0.2, 0.25) is 5.02 Å². The molecule has 0 aromatic heterocycles. The third-order valence-electron chi connectivity index (χ3n) is 4.54. The first kappa shape index (κ1) is 19.7. The Bertz CT molecular complexity index is 891. The molecule has 1 saturated heterocycles. The fraction of sp³-hybridized carbons (Fsp3) is 0.316. The highest BCUT2D eigenvalue weighted by molar-refractivity contribution is 7.89. The number of hydrogen-bond acceptors (Lipinski definition) is 3. The summed E-state index contributed by atoms with van der Waals surface area (Å²) in [7, 11) is -3.52. The van der Waals surface area contributed by atoms with Crippen molar-refractivity contribution in [3.8, 4) is 0 Å². The molecule has 1 aliphatic rings. The van der Waals surface area contributed by atoms with Gasteiger partial charge < -0.3 is 10.2 Å². The summed E-state index contributed by atoms with van der Waals surface area (Å²) in [4.78, 5) is 14.2. The summed E-state index contributed by atoms with van der Waals surface area (Å²) in [5, 5.41) is 3.50. The van der Waals surface area contributed by atoms with E-state index in [1.807, 2.05) is 19.1 Å². The Balaban J connectivity index is 1.54. The molecule has 0 bridgehead atoms. The van der Waals surface area contributed by atoms with E-state index in [-0.39, 0.29) is 24.0 Å². The van der Waals surface area contributed by atoms with Crippen molar-refractivity contribution in [2.45, 2.75) is 18.4 Å².